The molecule has 0 aliphatic carbocycles. The van der Waals surface area contributed by atoms with Gasteiger partial charge >= 0.3 is 5.69 Å². The van der Waals surface area contributed by atoms with Crippen molar-refractivity contribution in [3.8, 4) is 0 Å². The zero-order valence-corrected chi connectivity index (χ0v) is 18.6. The maximum atomic E-state index is 12.8. The molecule has 3 aromatic rings. The number of sulfonamides is 1. The van der Waals surface area contributed by atoms with Crippen LogP contribution in [0.15, 0.2) is 39.9 Å². The Labute approximate surface area is 178 Å². The summed E-state index contributed by atoms with van der Waals surface area (Å²) in [4.78, 5) is 41.8. The molecule has 164 valence electrons. The molecule has 2 heterocycles. The lowest BCUT2D eigenvalue weighted by molar-refractivity contribution is 0.0935. The van der Waals surface area contributed by atoms with Gasteiger partial charge in [0.25, 0.3) is 11.5 Å². The number of hydrogen-bond donors (Lipinski definition) is 2. The summed E-state index contributed by atoms with van der Waals surface area (Å²) in [6, 6.07) is 7.70. The molecule has 2 aromatic heterocycles. The lowest BCUT2D eigenvalue weighted by atomic mass is 10.1. The minimum atomic E-state index is -3.43. The first kappa shape index (κ1) is 22.2. The van der Waals surface area contributed by atoms with Gasteiger partial charge in [-0.3, -0.25) is 23.4 Å². The zero-order chi connectivity index (χ0) is 23.1. The molecule has 1 unspecified atom stereocenters. The van der Waals surface area contributed by atoms with Crippen molar-refractivity contribution in [1.29, 1.82) is 0 Å². The highest BCUT2D eigenvalue weighted by Crippen LogP contribution is 2.19. The number of rotatable bonds is 5. The van der Waals surface area contributed by atoms with E-state index in [1.807, 2.05) is 0 Å². The van der Waals surface area contributed by atoms with Crippen molar-refractivity contribution >= 4 is 32.7 Å². The van der Waals surface area contributed by atoms with Crippen LogP contribution in [0.1, 0.15) is 34.6 Å². The van der Waals surface area contributed by atoms with Gasteiger partial charge in [-0.1, -0.05) is 12.1 Å². The van der Waals surface area contributed by atoms with Gasteiger partial charge in [0.2, 0.25) is 10.0 Å². The van der Waals surface area contributed by atoms with E-state index < -0.39 is 33.2 Å². The minimum Gasteiger partial charge on any atom is -0.344 e. The Morgan fingerprint density at radius 3 is 2.45 bits per heavy atom. The van der Waals surface area contributed by atoms with E-state index in [4.69, 9.17) is 0 Å². The SMILES string of the molecule is Cc1cc(C(=O)NC(C)c2cccc(NS(C)(=O)=O)c2)nc2c1c(=O)n(C)c(=O)n2C. The maximum absolute atomic E-state index is 12.8. The van der Waals surface area contributed by atoms with Crippen molar-refractivity contribution < 1.29 is 13.2 Å². The fourth-order valence-corrected chi connectivity index (χ4v) is 3.84. The van der Waals surface area contributed by atoms with E-state index in [9.17, 15) is 22.8 Å². The van der Waals surface area contributed by atoms with E-state index >= 15 is 0 Å². The first-order valence-corrected chi connectivity index (χ1v) is 11.2. The van der Waals surface area contributed by atoms with E-state index in [1.54, 1.807) is 38.1 Å². The normalized spacial score (nSPS) is 12.5. The monoisotopic (exact) mass is 445 g/mol. The molecule has 0 fully saturated rings. The predicted molar refractivity (Wildman–Crippen MR) is 118 cm³/mol. The topological polar surface area (TPSA) is 132 Å². The third-order valence-electron chi connectivity index (χ3n) is 4.88. The van der Waals surface area contributed by atoms with Crippen LogP contribution in [0.3, 0.4) is 0 Å². The lowest BCUT2D eigenvalue weighted by Crippen LogP contribution is -2.38. The first-order valence-electron chi connectivity index (χ1n) is 9.35. The Balaban J connectivity index is 1.95. The lowest BCUT2D eigenvalue weighted by Gasteiger charge is -2.16. The number of nitrogens with one attached hydrogen (secondary N) is 2. The number of carbonyl (C=O) groups excluding carboxylic acids is 1. The number of benzene rings is 1. The average molecular weight is 446 g/mol. The van der Waals surface area contributed by atoms with Gasteiger partial charge in [0, 0.05) is 19.8 Å². The van der Waals surface area contributed by atoms with Crippen LogP contribution >= 0.6 is 0 Å². The van der Waals surface area contributed by atoms with Crippen molar-refractivity contribution in [3.05, 3.63) is 68.0 Å². The second-order valence-corrected chi connectivity index (χ2v) is 9.17. The molecule has 10 nitrogen and oxygen atoms in total. The van der Waals surface area contributed by atoms with Crippen molar-refractivity contribution in [3.63, 3.8) is 0 Å². The van der Waals surface area contributed by atoms with Crippen molar-refractivity contribution in [2.75, 3.05) is 11.0 Å². The molecule has 1 atom stereocenters. The second-order valence-electron chi connectivity index (χ2n) is 7.42. The minimum absolute atomic E-state index is 0.0607. The molecule has 1 aromatic carbocycles. The van der Waals surface area contributed by atoms with Crippen LogP contribution in [0.5, 0.6) is 0 Å². The third-order valence-corrected chi connectivity index (χ3v) is 5.48. The molecule has 31 heavy (non-hydrogen) atoms. The standard InChI is InChI=1S/C20H23N5O5S/c1-11-9-15(22-17-16(11)19(27)25(4)20(28)24(17)3)18(26)21-12(2)13-7-6-8-14(10-13)23-31(5,29)30/h6-10,12,23H,1-5H3,(H,21,26). The number of amides is 1. The van der Waals surface area contributed by atoms with E-state index in [-0.39, 0.29) is 16.7 Å². The molecular weight excluding hydrogens is 422 g/mol. The molecule has 1 amide bonds. The first-order chi connectivity index (χ1) is 14.4. The summed E-state index contributed by atoms with van der Waals surface area (Å²) >= 11 is 0. The molecule has 2 N–H and O–H groups in total. The number of pyridine rings is 1. The molecular formula is C20H23N5O5S. The summed E-state index contributed by atoms with van der Waals surface area (Å²) in [6.07, 6.45) is 1.05. The Kier molecular flexibility index (Phi) is 5.72. The maximum Gasteiger partial charge on any atom is 0.332 e. The highest BCUT2D eigenvalue weighted by atomic mass is 32.2. The number of anilines is 1. The third kappa shape index (κ3) is 4.50. The summed E-state index contributed by atoms with van der Waals surface area (Å²) < 4.78 is 27.5. The van der Waals surface area contributed by atoms with Crippen molar-refractivity contribution in [2.45, 2.75) is 19.9 Å². The molecule has 0 spiro atoms. The summed E-state index contributed by atoms with van der Waals surface area (Å²) in [5.74, 6) is -0.493. The summed E-state index contributed by atoms with van der Waals surface area (Å²) in [5, 5.41) is 3.08. The highest BCUT2D eigenvalue weighted by Gasteiger charge is 2.18. The average Bonchev–Trinajstić information content (AvgIpc) is 2.68. The van der Waals surface area contributed by atoms with Gasteiger partial charge in [-0.25, -0.2) is 18.2 Å². The van der Waals surface area contributed by atoms with Gasteiger partial charge in [0.1, 0.15) is 11.3 Å². The number of fused-ring (bicyclic) bond motifs is 1. The quantitative estimate of drug-likeness (QED) is 0.597. The van der Waals surface area contributed by atoms with E-state index in [1.165, 1.54) is 24.7 Å². The summed E-state index contributed by atoms with van der Waals surface area (Å²) in [6.45, 7) is 3.42. The Bertz CT molecular complexity index is 1420. The van der Waals surface area contributed by atoms with Gasteiger partial charge in [-0.2, -0.15) is 0 Å². The van der Waals surface area contributed by atoms with Crippen LogP contribution < -0.4 is 21.3 Å². The van der Waals surface area contributed by atoms with Crippen LogP contribution in [-0.4, -0.2) is 34.7 Å². The van der Waals surface area contributed by atoms with Gasteiger partial charge in [0.05, 0.1) is 17.7 Å². The summed E-state index contributed by atoms with van der Waals surface area (Å²) in [7, 11) is -0.553. The number of nitrogens with zero attached hydrogens (tertiary/aromatic N) is 3. The smallest absolute Gasteiger partial charge is 0.332 e. The molecule has 0 bridgehead atoms. The van der Waals surface area contributed by atoms with E-state index in [2.05, 4.69) is 15.0 Å². The number of carbonyl (C=O) groups is 1. The Morgan fingerprint density at radius 1 is 1.13 bits per heavy atom. The molecule has 3 rings (SSSR count). The Morgan fingerprint density at radius 2 is 1.81 bits per heavy atom. The van der Waals surface area contributed by atoms with Crippen molar-refractivity contribution in [2.24, 2.45) is 14.1 Å². The fraction of sp³-hybridized carbons (Fsp3) is 0.300. The van der Waals surface area contributed by atoms with Crippen LogP contribution in [-0.2, 0) is 24.1 Å². The molecule has 0 saturated heterocycles. The van der Waals surface area contributed by atoms with Crippen LogP contribution in [0.4, 0.5) is 5.69 Å². The van der Waals surface area contributed by atoms with E-state index in [0.29, 0.717) is 16.8 Å². The van der Waals surface area contributed by atoms with Gasteiger partial charge in [-0.05, 0) is 43.2 Å². The molecule has 0 saturated carbocycles. The number of aromatic nitrogens is 3. The van der Waals surface area contributed by atoms with Gasteiger partial charge in [-0.15, -0.1) is 0 Å². The Hall–Kier alpha value is -3.47. The highest BCUT2D eigenvalue weighted by molar-refractivity contribution is 7.92. The fourth-order valence-electron chi connectivity index (χ4n) is 3.29. The van der Waals surface area contributed by atoms with Crippen LogP contribution in [0.25, 0.3) is 11.0 Å². The molecule has 0 aliphatic rings. The van der Waals surface area contributed by atoms with Gasteiger partial charge < -0.3 is 5.32 Å². The molecule has 11 heteroatoms. The molecule has 0 aliphatic heterocycles. The molecule has 0 radical (unpaired) electrons. The zero-order valence-electron chi connectivity index (χ0n) is 17.8. The predicted octanol–water partition coefficient (Wildman–Crippen LogP) is 0.803. The largest absolute Gasteiger partial charge is 0.344 e. The number of aryl methyl sites for hydroxylation is 2. The van der Waals surface area contributed by atoms with E-state index in [0.717, 1.165) is 10.8 Å². The number of hydrogen-bond acceptors (Lipinski definition) is 6. The van der Waals surface area contributed by atoms with Crippen LogP contribution in [0, 0.1) is 6.92 Å². The van der Waals surface area contributed by atoms with Gasteiger partial charge in [0.15, 0.2) is 0 Å². The van der Waals surface area contributed by atoms with Crippen LogP contribution in [0.2, 0.25) is 0 Å². The summed E-state index contributed by atoms with van der Waals surface area (Å²) in [5.41, 5.74) is 0.769. The van der Waals surface area contributed by atoms with Crippen molar-refractivity contribution in [1.82, 2.24) is 19.4 Å². The second kappa shape index (κ2) is 7.99.